The Kier molecular flexibility index (Phi) is 5.13. The highest BCUT2D eigenvalue weighted by Crippen LogP contribution is 2.29. The fourth-order valence-corrected chi connectivity index (χ4v) is 3.70. The minimum atomic E-state index is 0.372. The SMILES string of the molecule is CC1CCC(CN2CCC(Oc3cccnc3)CC2)CC1. The molecule has 3 nitrogen and oxygen atoms in total. The summed E-state index contributed by atoms with van der Waals surface area (Å²) in [7, 11) is 0. The lowest BCUT2D eigenvalue weighted by Crippen LogP contribution is -2.41. The number of likely N-dealkylation sites (tertiary alicyclic amines) is 1. The highest BCUT2D eigenvalue weighted by molar-refractivity contribution is 5.15. The Morgan fingerprint density at radius 1 is 1.14 bits per heavy atom. The first-order chi connectivity index (χ1) is 10.3. The van der Waals surface area contributed by atoms with Crippen molar-refractivity contribution < 1.29 is 4.74 Å². The summed E-state index contributed by atoms with van der Waals surface area (Å²) in [6.45, 7) is 6.10. The fourth-order valence-electron chi connectivity index (χ4n) is 3.70. The molecule has 1 aliphatic carbocycles. The maximum absolute atomic E-state index is 6.02. The zero-order valence-corrected chi connectivity index (χ0v) is 13.2. The summed E-state index contributed by atoms with van der Waals surface area (Å²) in [5.74, 6) is 2.81. The molecule has 2 aliphatic rings. The van der Waals surface area contributed by atoms with E-state index in [-0.39, 0.29) is 0 Å². The molecule has 0 unspecified atom stereocenters. The van der Waals surface area contributed by atoms with Crippen molar-refractivity contribution in [1.82, 2.24) is 9.88 Å². The predicted molar refractivity (Wildman–Crippen MR) is 85.4 cm³/mol. The van der Waals surface area contributed by atoms with E-state index in [0.29, 0.717) is 6.10 Å². The fraction of sp³-hybridized carbons (Fsp3) is 0.722. The van der Waals surface area contributed by atoms with E-state index in [2.05, 4.69) is 16.8 Å². The number of aromatic nitrogens is 1. The van der Waals surface area contributed by atoms with Crippen molar-refractivity contribution in [3.05, 3.63) is 24.5 Å². The average Bonchev–Trinajstić information content (AvgIpc) is 2.53. The highest BCUT2D eigenvalue weighted by atomic mass is 16.5. The first-order valence-corrected chi connectivity index (χ1v) is 8.58. The Bertz CT molecular complexity index is 406. The molecular weight excluding hydrogens is 260 g/mol. The molecule has 21 heavy (non-hydrogen) atoms. The molecule has 1 saturated carbocycles. The van der Waals surface area contributed by atoms with Gasteiger partial charge >= 0.3 is 0 Å². The number of hydrogen-bond donors (Lipinski definition) is 0. The standard InChI is InChI=1S/C18H28N2O/c1-15-4-6-16(7-5-15)14-20-11-8-17(9-12-20)21-18-3-2-10-19-13-18/h2-3,10,13,15-17H,4-9,11-12,14H2,1H3. The molecule has 0 N–H and O–H groups in total. The summed E-state index contributed by atoms with van der Waals surface area (Å²) >= 11 is 0. The van der Waals surface area contributed by atoms with Crippen molar-refractivity contribution >= 4 is 0 Å². The molecule has 0 amide bonds. The minimum absolute atomic E-state index is 0.372. The Morgan fingerprint density at radius 2 is 1.90 bits per heavy atom. The van der Waals surface area contributed by atoms with E-state index in [1.807, 2.05) is 18.3 Å². The van der Waals surface area contributed by atoms with Crippen LogP contribution in [0.4, 0.5) is 0 Å². The van der Waals surface area contributed by atoms with Gasteiger partial charge in [-0.25, -0.2) is 0 Å². The molecule has 1 saturated heterocycles. The molecule has 0 aromatic carbocycles. The molecule has 2 heterocycles. The van der Waals surface area contributed by atoms with Crippen LogP contribution in [0.2, 0.25) is 0 Å². The monoisotopic (exact) mass is 288 g/mol. The van der Waals surface area contributed by atoms with Crippen LogP contribution in [0.1, 0.15) is 45.4 Å². The van der Waals surface area contributed by atoms with Crippen LogP contribution in [0.15, 0.2) is 24.5 Å². The molecular formula is C18H28N2O. The second kappa shape index (κ2) is 7.26. The predicted octanol–water partition coefficient (Wildman–Crippen LogP) is 3.75. The van der Waals surface area contributed by atoms with Gasteiger partial charge in [-0.2, -0.15) is 0 Å². The highest BCUT2D eigenvalue weighted by Gasteiger charge is 2.24. The maximum Gasteiger partial charge on any atom is 0.137 e. The normalized spacial score (nSPS) is 28.4. The summed E-state index contributed by atoms with van der Waals surface area (Å²) in [4.78, 5) is 6.77. The molecule has 1 aromatic heterocycles. The molecule has 2 fully saturated rings. The van der Waals surface area contributed by atoms with E-state index in [9.17, 15) is 0 Å². The number of piperidine rings is 1. The molecule has 0 radical (unpaired) electrons. The minimum Gasteiger partial charge on any atom is -0.489 e. The van der Waals surface area contributed by atoms with Crippen LogP contribution >= 0.6 is 0 Å². The third kappa shape index (κ3) is 4.44. The quantitative estimate of drug-likeness (QED) is 0.843. The van der Waals surface area contributed by atoms with E-state index in [1.165, 1.54) is 45.3 Å². The lowest BCUT2D eigenvalue weighted by Gasteiger charge is -2.36. The van der Waals surface area contributed by atoms with Crippen molar-refractivity contribution in [2.45, 2.75) is 51.6 Å². The van der Waals surface area contributed by atoms with Crippen LogP contribution in [0, 0.1) is 11.8 Å². The van der Waals surface area contributed by atoms with Crippen molar-refractivity contribution in [2.75, 3.05) is 19.6 Å². The Morgan fingerprint density at radius 3 is 2.57 bits per heavy atom. The smallest absolute Gasteiger partial charge is 0.137 e. The van der Waals surface area contributed by atoms with Gasteiger partial charge in [-0.3, -0.25) is 4.98 Å². The van der Waals surface area contributed by atoms with Gasteiger partial charge in [0.2, 0.25) is 0 Å². The van der Waals surface area contributed by atoms with Gasteiger partial charge in [0.15, 0.2) is 0 Å². The third-order valence-corrected chi connectivity index (χ3v) is 5.12. The van der Waals surface area contributed by atoms with Crippen LogP contribution < -0.4 is 4.74 Å². The Hall–Kier alpha value is -1.09. The van der Waals surface area contributed by atoms with Gasteiger partial charge in [-0.15, -0.1) is 0 Å². The van der Waals surface area contributed by atoms with Crippen LogP contribution in [0.3, 0.4) is 0 Å². The number of ether oxygens (including phenoxy) is 1. The number of pyridine rings is 1. The average molecular weight is 288 g/mol. The van der Waals surface area contributed by atoms with E-state index in [4.69, 9.17) is 4.74 Å². The van der Waals surface area contributed by atoms with Crippen LogP contribution in [0.5, 0.6) is 5.75 Å². The zero-order valence-electron chi connectivity index (χ0n) is 13.2. The van der Waals surface area contributed by atoms with Gasteiger partial charge in [-0.05, 0) is 49.7 Å². The topological polar surface area (TPSA) is 25.4 Å². The summed E-state index contributed by atoms with van der Waals surface area (Å²) in [6.07, 6.45) is 12.0. The summed E-state index contributed by atoms with van der Waals surface area (Å²) in [6, 6.07) is 3.94. The first-order valence-electron chi connectivity index (χ1n) is 8.58. The molecule has 0 spiro atoms. The lowest BCUT2D eigenvalue weighted by atomic mass is 9.82. The van der Waals surface area contributed by atoms with Crippen molar-refractivity contribution in [3.63, 3.8) is 0 Å². The number of rotatable bonds is 4. The van der Waals surface area contributed by atoms with E-state index < -0.39 is 0 Å². The zero-order chi connectivity index (χ0) is 14.5. The van der Waals surface area contributed by atoms with Gasteiger partial charge in [-0.1, -0.05) is 19.8 Å². The van der Waals surface area contributed by atoms with Crippen molar-refractivity contribution in [3.8, 4) is 5.75 Å². The Labute approximate surface area is 128 Å². The van der Waals surface area contributed by atoms with E-state index in [1.54, 1.807) is 6.20 Å². The van der Waals surface area contributed by atoms with Gasteiger partial charge in [0.1, 0.15) is 11.9 Å². The van der Waals surface area contributed by atoms with E-state index in [0.717, 1.165) is 30.4 Å². The van der Waals surface area contributed by atoms with Gasteiger partial charge in [0.05, 0.1) is 6.20 Å². The number of nitrogens with zero attached hydrogens (tertiary/aromatic N) is 2. The third-order valence-electron chi connectivity index (χ3n) is 5.12. The van der Waals surface area contributed by atoms with Gasteiger partial charge < -0.3 is 9.64 Å². The second-order valence-electron chi connectivity index (χ2n) is 6.93. The molecule has 3 rings (SSSR count). The number of hydrogen-bond acceptors (Lipinski definition) is 3. The molecule has 1 aromatic rings. The largest absolute Gasteiger partial charge is 0.489 e. The maximum atomic E-state index is 6.02. The van der Waals surface area contributed by atoms with Crippen molar-refractivity contribution in [1.29, 1.82) is 0 Å². The molecule has 1 aliphatic heterocycles. The van der Waals surface area contributed by atoms with Crippen LogP contribution in [-0.4, -0.2) is 35.6 Å². The van der Waals surface area contributed by atoms with Crippen LogP contribution in [-0.2, 0) is 0 Å². The first kappa shape index (κ1) is 14.8. The van der Waals surface area contributed by atoms with Crippen molar-refractivity contribution in [2.24, 2.45) is 11.8 Å². The van der Waals surface area contributed by atoms with Crippen LogP contribution in [0.25, 0.3) is 0 Å². The molecule has 3 heteroatoms. The Balaban J connectivity index is 1.39. The van der Waals surface area contributed by atoms with Gasteiger partial charge in [0.25, 0.3) is 0 Å². The molecule has 116 valence electrons. The summed E-state index contributed by atoms with van der Waals surface area (Å²) in [5.41, 5.74) is 0. The second-order valence-corrected chi connectivity index (χ2v) is 6.93. The summed E-state index contributed by atoms with van der Waals surface area (Å²) < 4.78 is 6.02. The summed E-state index contributed by atoms with van der Waals surface area (Å²) in [5, 5.41) is 0. The lowest BCUT2D eigenvalue weighted by molar-refractivity contribution is 0.0838. The molecule has 0 bridgehead atoms. The van der Waals surface area contributed by atoms with E-state index >= 15 is 0 Å². The van der Waals surface area contributed by atoms with Gasteiger partial charge in [0, 0.05) is 25.8 Å². The molecule has 0 atom stereocenters.